The maximum atomic E-state index is 14.0. The Kier molecular flexibility index (Phi) is 4.47. The number of thiophene rings is 1. The van der Waals surface area contributed by atoms with Gasteiger partial charge in [-0.25, -0.2) is 13.8 Å². The highest BCUT2D eigenvalue weighted by Gasteiger charge is 2.26. The van der Waals surface area contributed by atoms with Crippen LogP contribution in [0.25, 0.3) is 21.2 Å². The molecular weight excluding hydrogens is 404 g/mol. The molecule has 1 aliphatic rings. The third-order valence-electron chi connectivity index (χ3n) is 5.48. The number of fused-ring (bicyclic) bond motifs is 2. The summed E-state index contributed by atoms with van der Waals surface area (Å²) >= 11 is 1.61. The average molecular weight is 421 g/mol. The minimum absolute atomic E-state index is 0.0674. The first kappa shape index (κ1) is 18.7. The number of hydrogen-bond donors (Lipinski definition) is 1. The van der Waals surface area contributed by atoms with Gasteiger partial charge in [0.1, 0.15) is 5.82 Å². The molecule has 30 heavy (non-hydrogen) atoms. The van der Waals surface area contributed by atoms with Crippen LogP contribution < -0.4 is 10.6 Å². The fraction of sp³-hybridized carbons (Fsp3) is 0.130. The predicted molar refractivity (Wildman–Crippen MR) is 116 cm³/mol. The van der Waals surface area contributed by atoms with Gasteiger partial charge in [0.25, 0.3) is 0 Å². The van der Waals surface area contributed by atoms with Gasteiger partial charge in [-0.1, -0.05) is 18.2 Å². The van der Waals surface area contributed by atoms with Crippen LogP contribution in [0.4, 0.5) is 20.3 Å². The number of nitrogens with two attached hydrogens (primary N) is 1. The van der Waals surface area contributed by atoms with Crippen LogP contribution >= 0.6 is 11.3 Å². The van der Waals surface area contributed by atoms with Gasteiger partial charge in [0.05, 0.1) is 6.42 Å². The summed E-state index contributed by atoms with van der Waals surface area (Å²) in [4.78, 5) is 18.6. The maximum Gasteiger partial charge on any atom is 0.231 e. The van der Waals surface area contributed by atoms with E-state index in [0.29, 0.717) is 18.8 Å². The Bertz CT molecular complexity index is 1300. The van der Waals surface area contributed by atoms with Gasteiger partial charge >= 0.3 is 0 Å². The van der Waals surface area contributed by atoms with Crippen LogP contribution in [-0.4, -0.2) is 17.4 Å². The van der Waals surface area contributed by atoms with Crippen molar-refractivity contribution in [1.29, 1.82) is 0 Å². The van der Waals surface area contributed by atoms with E-state index in [4.69, 9.17) is 5.73 Å². The summed E-state index contributed by atoms with van der Waals surface area (Å²) in [5.74, 6) is -1.65. The van der Waals surface area contributed by atoms with Gasteiger partial charge in [0, 0.05) is 39.6 Å². The highest BCUT2D eigenvalue weighted by atomic mass is 32.1. The molecule has 150 valence electrons. The van der Waals surface area contributed by atoms with Crippen molar-refractivity contribution in [3.63, 3.8) is 0 Å². The lowest BCUT2D eigenvalue weighted by Gasteiger charge is -2.18. The molecule has 2 N–H and O–H groups in total. The number of aromatic nitrogens is 1. The maximum absolute atomic E-state index is 14.0. The third kappa shape index (κ3) is 3.02. The Morgan fingerprint density at radius 1 is 1.20 bits per heavy atom. The number of benzene rings is 2. The first-order valence-corrected chi connectivity index (χ1v) is 10.4. The van der Waals surface area contributed by atoms with E-state index in [1.165, 1.54) is 12.1 Å². The number of nitrogen functional groups attached to an aromatic ring is 1. The Hall–Kier alpha value is -3.32. The second-order valence-corrected chi connectivity index (χ2v) is 8.16. The molecule has 2 aromatic heterocycles. The fourth-order valence-corrected chi connectivity index (χ4v) is 4.96. The number of halogens is 2. The van der Waals surface area contributed by atoms with Crippen LogP contribution in [0.15, 0.2) is 54.0 Å². The lowest BCUT2D eigenvalue weighted by molar-refractivity contribution is -0.117. The third-order valence-corrected chi connectivity index (χ3v) is 6.42. The number of carbonyl (C=O) groups excluding carboxylic acids is 1. The van der Waals surface area contributed by atoms with E-state index < -0.39 is 11.6 Å². The van der Waals surface area contributed by atoms with Gasteiger partial charge < -0.3 is 10.6 Å². The summed E-state index contributed by atoms with van der Waals surface area (Å²) in [6, 6.07) is 11.8. The molecule has 0 saturated heterocycles. The molecule has 0 spiro atoms. The molecule has 0 aliphatic carbocycles. The van der Waals surface area contributed by atoms with Crippen LogP contribution in [0.5, 0.6) is 0 Å². The highest BCUT2D eigenvalue weighted by Crippen LogP contribution is 2.39. The second kappa shape index (κ2) is 7.18. The molecule has 2 aromatic carbocycles. The van der Waals surface area contributed by atoms with E-state index in [9.17, 15) is 13.6 Å². The molecule has 0 saturated carbocycles. The van der Waals surface area contributed by atoms with E-state index in [1.54, 1.807) is 22.4 Å². The Morgan fingerprint density at radius 3 is 2.93 bits per heavy atom. The first-order chi connectivity index (χ1) is 14.5. The quantitative estimate of drug-likeness (QED) is 0.509. The molecule has 1 aliphatic heterocycles. The molecule has 0 atom stereocenters. The first-order valence-electron chi connectivity index (χ1n) is 9.51. The molecule has 3 heterocycles. The van der Waals surface area contributed by atoms with Gasteiger partial charge in [0.2, 0.25) is 5.91 Å². The van der Waals surface area contributed by atoms with Gasteiger partial charge in [-0.3, -0.25) is 4.79 Å². The van der Waals surface area contributed by atoms with Crippen molar-refractivity contribution >= 4 is 38.8 Å². The van der Waals surface area contributed by atoms with Gasteiger partial charge in [-0.2, -0.15) is 0 Å². The largest absolute Gasteiger partial charge is 0.383 e. The molecule has 0 fully saturated rings. The minimum atomic E-state index is -0.962. The molecule has 4 nitrogen and oxygen atoms in total. The van der Waals surface area contributed by atoms with Crippen LogP contribution in [0.1, 0.15) is 11.1 Å². The second-order valence-electron chi connectivity index (χ2n) is 7.25. The molecule has 0 bridgehead atoms. The van der Waals surface area contributed by atoms with Crippen LogP contribution in [0, 0.1) is 11.6 Å². The smallest absolute Gasteiger partial charge is 0.231 e. The van der Waals surface area contributed by atoms with Gasteiger partial charge in [-0.05, 0) is 47.2 Å². The topological polar surface area (TPSA) is 59.2 Å². The Balaban J connectivity index is 1.45. The van der Waals surface area contributed by atoms with Crippen molar-refractivity contribution in [2.75, 3.05) is 17.2 Å². The number of anilines is 2. The summed E-state index contributed by atoms with van der Waals surface area (Å²) in [5.41, 5.74) is 10.1. The monoisotopic (exact) mass is 421 g/mol. The number of nitrogens with zero attached hydrogens (tertiary/aromatic N) is 2. The predicted octanol–water partition coefficient (Wildman–Crippen LogP) is 4.96. The number of carbonyl (C=O) groups is 1. The van der Waals surface area contributed by atoms with E-state index in [1.807, 2.05) is 18.2 Å². The number of pyridine rings is 1. The lowest BCUT2D eigenvalue weighted by atomic mass is 10.0. The van der Waals surface area contributed by atoms with Crippen LogP contribution in [0.2, 0.25) is 0 Å². The Morgan fingerprint density at radius 2 is 2.07 bits per heavy atom. The number of hydrogen-bond acceptors (Lipinski definition) is 4. The Labute approximate surface area is 175 Å². The molecule has 0 unspecified atom stereocenters. The molecule has 0 radical (unpaired) electrons. The molecule has 7 heteroatoms. The summed E-state index contributed by atoms with van der Waals surface area (Å²) in [7, 11) is 0. The van der Waals surface area contributed by atoms with E-state index >= 15 is 0 Å². The number of rotatable bonds is 3. The van der Waals surface area contributed by atoms with Crippen molar-refractivity contribution in [3.05, 3.63) is 76.8 Å². The summed E-state index contributed by atoms with van der Waals surface area (Å²) < 4.78 is 28.5. The van der Waals surface area contributed by atoms with Crippen molar-refractivity contribution in [2.45, 2.75) is 12.8 Å². The minimum Gasteiger partial charge on any atom is -0.383 e. The SMILES string of the molecule is Nc1nccc2scc(-c3ccc4c(c3)CCN4C(=O)Cc3cccc(F)c3F)c12. The normalized spacial score (nSPS) is 13.1. The summed E-state index contributed by atoms with van der Waals surface area (Å²) in [6.45, 7) is 0.517. The molecule has 5 rings (SSSR count). The highest BCUT2D eigenvalue weighted by molar-refractivity contribution is 7.17. The average Bonchev–Trinajstić information content (AvgIpc) is 3.36. The van der Waals surface area contributed by atoms with Gasteiger partial charge in [-0.15, -0.1) is 11.3 Å². The molecule has 4 aromatic rings. The van der Waals surface area contributed by atoms with E-state index in [0.717, 1.165) is 38.5 Å². The molecule has 1 amide bonds. The van der Waals surface area contributed by atoms with E-state index in [2.05, 4.69) is 16.4 Å². The van der Waals surface area contributed by atoms with Crippen LogP contribution in [0.3, 0.4) is 0 Å². The van der Waals surface area contributed by atoms with Gasteiger partial charge in [0.15, 0.2) is 11.6 Å². The molecular formula is C23H17F2N3OS. The summed E-state index contributed by atoms with van der Waals surface area (Å²) in [5, 5.41) is 3.00. The van der Waals surface area contributed by atoms with Crippen molar-refractivity contribution in [3.8, 4) is 11.1 Å². The van der Waals surface area contributed by atoms with E-state index in [-0.39, 0.29) is 17.9 Å². The zero-order valence-corrected chi connectivity index (χ0v) is 16.7. The van der Waals surface area contributed by atoms with Crippen molar-refractivity contribution in [2.24, 2.45) is 0 Å². The zero-order chi connectivity index (χ0) is 20.8. The lowest BCUT2D eigenvalue weighted by Crippen LogP contribution is -2.30. The summed E-state index contributed by atoms with van der Waals surface area (Å²) in [6.07, 6.45) is 2.23. The zero-order valence-electron chi connectivity index (χ0n) is 15.9. The number of amides is 1. The standard InChI is InChI=1S/C23H17F2N3OS/c24-17-3-1-2-15(22(17)25)11-20(29)28-9-7-14-10-13(4-5-18(14)28)16-12-30-19-6-8-27-23(26)21(16)19/h1-6,8,10,12H,7,9,11H2,(H2,26,27). The van der Waals surface area contributed by atoms with Crippen molar-refractivity contribution < 1.29 is 13.6 Å². The van der Waals surface area contributed by atoms with Crippen molar-refractivity contribution in [1.82, 2.24) is 4.98 Å². The fourth-order valence-electron chi connectivity index (χ4n) is 3.99. The van der Waals surface area contributed by atoms with Crippen LogP contribution in [-0.2, 0) is 17.6 Å².